The number of benzene rings is 1. The summed E-state index contributed by atoms with van der Waals surface area (Å²) >= 11 is 0. The predicted octanol–water partition coefficient (Wildman–Crippen LogP) is 2.39. The Morgan fingerprint density at radius 3 is 2.90 bits per heavy atom. The zero-order valence-corrected chi connectivity index (χ0v) is 11.7. The molecule has 0 aliphatic heterocycles. The van der Waals surface area contributed by atoms with Gasteiger partial charge in [-0.05, 0) is 18.6 Å². The van der Waals surface area contributed by atoms with Crippen molar-refractivity contribution in [3.8, 4) is 0 Å². The molecule has 0 saturated carbocycles. The van der Waals surface area contributed by atoms with E-state index in [4.69, 9.17) is 0 Å². The average molecular weight is 284 g/mol. The van der Waals surface area contributed by atoms with E-state index in [9.17, 15) is 9.90 Å². The number of carboxylic acid groups (broad SMARTS) is 1. The first-order valence-corrected chi connectivity index (χ1v) is 6.89. The lowest BCUT2D eigenvalue weighted by Crippen LogP contribution is -2.14. The van der Waals surface area contributed by atoms with Crippen LogP contribution in [0.3, 0.4) is 0 Å². The minimum Gasteiger partial charge on any atom is -0.477 e. The van der Waals surface area contributed by atoms with Crippen LogP contribution < -0.4 is 0 Å². The first-order chi connectivity index (χ1) is 10.2. The molecule has 0 radical (unpaired) electrons. The molecule has 1 aromatic carbocycles. The van der Waals surface area contributed by atoms with Gasteiger partial charge in [-0.2, -0.15) is 5.10 Å². The van der Waals surface area contributed by atoms with E-state index in [0.29, 0.717) is 6.54 Å². The maximum absolute atomic E-state index is 11.5. The Hall–Kier alpha value is -2.63. The first-order valence-electron chi connectivity index (χ1n) is 6.89. The van der Waals surface area contributed by atoms with E-state index in [1.807, 2.05) is 28.9 Å². The number of nitrogens with zero attached hydrogens (tertiary/aromatic N) is 4. The number of carboxylic acids is 1. The van der Waals surface area contributed by atoms with Gasteiger partial charge in [0.1, 0.15) is 17.8 Å². The summed E-state index contributed by atoms with van der Waals surface area (Å²) in [6.07, 6.45) is 2.46. The second-order valence-electron chi connectivity index (χ2n) is 4.88. The summed E-state index contributed by atoms with van der Waals surface area (Å²) < 4.78 is 3.59. The first kappa shape index (κ1) is 13.4. The number of aromatic nitrogens is 4. The number of aromatic carboxylic acids is 1. The van der Waals surface area contributed by atoms with Crippen LogP contribution in [0.15, 0.2) is 36.7 Å². The standard InChI is InChI=1S/C15H16N4O2/c1-2-7-19-14(16-10-17-19)9-18-12-6-4-3-5-11(12)8-13(18)15(20)21/h3-6,8,10H,2,7,9H2,1H3,(H,20,21). The minimum atomic E-state index is -0.937. The van der Waals surface area contributed by atoms with Crippen LogP contribution in [0.25, 0.3) is 10.9 Å². The van der Waals surface area contributed by atoms with Gasteiger partial charge in [-0.1, -0.05) is 25.1 Å². The minimum absolute atomic E-state index is 0.266. The van der Waals surface area contributed by atoms with Gasteiger partial charge >= 0.3 is 5.97 Å². The summed E-state index contributed by atoms with van der Waals surface area (Å²) in [5, 5.41) is 14.5. The monoisotopic (exact) mass is 284 g/mol. The molecule has 3 rings (SSSR count). The van der Waals surface area contributed by atoms with Crippen molar-refractivity contribution in [1.29, 1.82) is 0 Å². The Balaban J connectivity index is 2.08. The third-order valence-corrected chi connectivity index (χ3v) is 3.46. The number of aryl methyl sites for hydroxylation is 1. The molecule has 6 heteroatoms. The van der Waals surface area contributed by atoms with Crippen molar-refractivity contribution in [1.82, 2.24) is 19.3 Å². The van der Waals surface area contributed by atoms with E-state index < -0.39 is 5.97 Å². The molecule has 2 heterocycles. The Labute approximate surface area is 121 Å². The SMILES string of the molecule is CCCn1ncnc1Cn1c(C(=O)O)cc2ccccc21. The van der Waals surface area contributed by atoms with Gasteiger partial charge in [0.15, 0.2) is 0 Å². The van der Waals surface area contributed by atoms with E-state index in [1.54, 1.807) is 10.6 Å². The zero-order valence-electron chi connectivity index (χ0n) is 11.7. The molecule has 1 N–H and O–H groups in total. The third kappa shape index (κ3) is 2.40. The molecule has 0 fully saturated rings. The van der Waals surface area contributed by atoms with Gasteiger partial charge in [-0.25, -0.2) is 14.5 Å². The quantitative estimate of drug-likeness (QED) is 0.780. The fourth-order valence-electron chi connectivity index (χ4n) is 2.51. The second kappa shape index (κ2) is 5.40. The largest absolute Gasteiger partial charge is 0.477 e. The fraction of sp³-hybridized carbons (Fsp3) is 0.267. The van der Waals surface area contributed by atoms with Crippen LogP contribution >= 0.6 is 0 Å². The van der Waals surface area contributed by atoms with Gasteiger partial charge in [0, 0.05) is 17.4 Å². The molecule has 0 atom stereocenters. The summed E-state index contributed by atoms with van der Waals surface area (Å²) in [5.41, 5.74) is 1.16. The number of fused-ring (bicyclic) bond motifs is 1. The van der Waals surface area contributed by atoms with Crippen LogP contribution in [0, 0.1) is 0 Å². The normalized spacial score (nSPS) is 11.1. The molecule has 0 aliphatic rings. The molecule has 108 valence electrons. The molecule has 2 aromatic heterocycles. The molecule has 0 spiro atoms. The highest BCUT2D eigenvalue weighted by Crippen LogP contribution is 2.21. The average Bonchev–Trinajstić information content (AvgIpc) is 3.05. The number of hydrogen-bond donors (Lipinski definition) is 1. The number of para-hydroxylation sites is 1. The van der Waals surface area contributed by atoms with Gasteiger partial charge in [0.2, 0.25) is 0 Å². The molecule has 0 amide bonds. The van der Waals surface area contributed by atoms with Crippen molar-refractivity contribution < 1.29 is 9.90 Å². The lowest BCUT2D eigenvalue weighted by Gasteiger charge is -2.09. The Bertz CT molecular complexity index is 788. The Morgan fingerprint density at radius 2 is 2.14 bits per heavy atom. The van der Waals surface area contributed by atoms with Gasteiger partial charge in [-0.15, -0.1) is 0 Å². The maximum Gasteiger partial charge on any atom is 0.352 e. The molecule has 0 saturated heterocycles. The van der Waals surface area contributed by atoms with Crippen molar-refractivity contribution in [2.24, 2.45) is 0 Å². The Kier molecular flexibility index (Phi) is 3.43. The van der Waals surface area contributed by atoms with Crippen molar-refractivity contribution in [2.45, 2.75) is 26.4 Å². The van der Waals surface area contributed by atoms with Crippen molar-refractivity contribution in [2.75, 3.05) is 0 Å². The van der Waals surface area contributed by atoms with E-state index in [0.717, 1.165) is 29.7 Å². The topological polar surface area (TPSA) is 72.9 Å². The highest BCUT2D eigenvalue weighted by molar-refractivity contribution is 5.94. The van der Waals surface area contributed by atoms with Crippen LogP contribution in [-0.2, 0) is 13.1 Å². The van der Waals surface area contributed by atoms with Crippen molar-refractivity contribution in [3.05, 3.63) is 48.2 Å². The van der Waals surface area contributed by atoms with Gasteiger partial charge in [-0.3, -0.25) is 0 Å². The number of hydrogen-bond acceptors (Lipinski definition) is 3. The molecule has 0 unspecified atom stereocenters. The van der Waals surface area contributed by atoms with Crippen molar-refractivity contribution in [3.63, 3.8) is 0 Å². The van der Waals surface area contributed by atoms with Gasteiger partial charge in [0.25, 0.3) is 0 Å². The van der Waals surface area contributed by atoms with E-state index in [1.165, 1.54) is 6.33 Å². The van der Waals surface area contributed by atoms with Crippen molar-refractivity contribution >= 4 is 16.9 Å². The van der Waals surface area contributed by atoms with E-state index in [2.05, 4.69) is 17.0 Å². The molecule has 0 aliphatic carbocycles. The van der Waals surface area contributed by atoms with Gasteiger partial charge in [0.05, 0.1) is 6.54 Å². The number of carbonyl (C=O) groups is 1. The van der Waals surface area contributed by atoms with Crippen LogP contribution in [-0.4, -0.2) is 30.4 Å². The fourth-order valence-corrected chi connectivity index (χ4v) is 2.51. The van der Waals surface area contributed by atoms with Crippen LogP contribution in [0.2, 0.25) is 0 Å². The molecule has 0 bridgehead atoms. The summed E-state index contributed by atoms with van der Waals surface area (Å²) in [4.78, 5) is 15.7. The highest BCUT2D eigenvalue weighted by Gasteiger charge is 2.16. The second-order valence-corrected chi connectivity index (χ2v) is 4.88. The molecule has 6 nitrogen and oxygen atoms in total. The molecule has 3 aromatic rings. The summed E-state index contributed by atoms with van der Waals surface area (Å²) in [6.45, 7) is 3.24. The smallest absolute Gasteiger partial charge is 0.352 e. The lowest BCUT2D eigenvalue weighted by atomic mass is 10.2. The third-order valence-electron chi connectivity index (χ3n) is 3.46. The number of rotatable bonds is 5. The van der Waals surface area contributed by atoms with Crippen LogP contribution in [0.4, 0.5) is 0 Å². The Morgan fingerprint density at radius 1 is 1.33 bits per heavy atom. The highest BCUT2D eigenvalue weighted by atomic mass is 16.4. The zero-order chi connectivity index (χ0) is 14.8. The molecule has 21 heavy (non-hydrogen) atoms. The van der Waals surface area contributed by atoms with Crippen LogP contribution in [0.5, 0.6) is 0 Å². The molecular formula is C15H16N4O2. The summed E-state index contributed by atoms with van der Waals surface area (Å²) in [7, 11) is 0. The summed E-state index contributed by atoms with van der Waals surface area (Å²) in [6, 6.07) is 9.33. The van der Waals surface area contributed by atoms with E-state index >= 15 is 0 Å². The molecular weight excluding hydrogens is 268 g/mol. The summed E-state index contributed by atoms with van der Waals surface area (Å²) in [5.74, 6) is -0.173. The lowest BCUT2D eigenvalue weighted by molar-refractivity contribution is 0.0686. The van der Waals surface area contributed by atoms with Gasteiger partial charge < -0.3 is 9.67 Å². The maximum atomic E-state index is 11.5. The van der Waals surface area contributed by atoms with Crippen LogP contribution in [0.1, 0.15) is 29.7 Å². The van der Waals surface area contributed by atoms with E-state index in [-0.39, 0.29) is 5.69 Å². The predicted molar refractivity (Wildman–Crippen MR) is 78.3 cm³/mol.